The molecule has 0 radical (unpaired) electrons. The Bertz CT molecular complexity index is 405. The van der Waals surface area contributed by atoms with Crippen LogP contribution < -0.4 is 10.6 Å². The second-order valence-corrected chi connectivity index (χ2v) is 5.98. The van der Waals surface area contributed by atoms with Crippen LogP contribution in [0.25, 0.3) is 0 Å². The zero-order chi connectivity index (χ0) is 12.2. The first-order chi connectivity index (χ1) is 8.92. The van der Waals surface area contributed by atoms with Crippen LogP contribution in [0, 0.1) is 0 Å². The van der Waals surface area contributed by atoms with Crippen molar-refractivity contribution in [2.75, 3.05) is 37.3 Å². The van der Waals surface area contributed by atoms with E-state index < -0.39 is 0 Å². The third kappa shape index (κ3) is 2.99. The SMILES string of the molecule is c1cc2c(cc1CCC1CNCCO1)NCCS2. The first kappa shape index (κ1) is 12.3. The fourth-order valence-corrected chi connectivity index (χ4v) is 3.35. The van der Waals surface area contributed by atoms with Gasteiger partial charge in [0.1, 0.15) is 0 Å². The molecule has 1 unspecified atom stereocenters. The predicted molar refractivity (Wildman–Crippen MR) is 76.6 cm³/mol. The molecule has 1 aromatic carbocycles. The first-order valence-corrected chi connectivity index (χ1v) is 7.72. The standard InChI is InChI=1S/C14H20N2OS/c1(3-12-10-15-5-7-17-12)11-2-4-14-13(9-11)16-6-8-18-14/h2,4,9,12,15-16H,1,3,5-8,10H2. The van der Waals surface area contributed by atoms with Crippen LogP contribution in [0.4, 0.5) is 5.69 Å². The largest absolute Gasteiger partial charge is 0.383 e. The number of thioether (sulfide) groups is 1. The van der Waals surface area contributed by atoms with E-state index in [0.29, 0.717) is 6.10 Å². The highest BCUT2D eigenvalue weighted by atomic mass is 32.2. The molecule has 18 heavy (non-hydrogen) atoms. The molecule has 2 aliphatic rings. The van der Waals surface area contributed by atoms with E-state index in [1.165, 1.54) is 21.9 Å². The lowest BCUT2D eigenvalue weighted by atomic mass is 10.1. The van der Waals surface area contributed by atoms with Crippen molar-refractivity contribution in [2.24, 2.45) is 0 Å². The van der Waals surface area contributed by atoms with Crippen molar-refractivity contribution in [1.29, 1.82) is 0 Å². The fourth-order valence-electron chi connectivity index (χ4n) is 2.48. The Balaban J connectivity index is 1.58. The maximum atomic E-state index is 5.73. The molecule has 0 amide bonds. The van der Waals surface area contributed by atoms with E-state index in [1.807, 2.05) is 11.8 Å². The number of aryl methyl sites for hydroxylation is 1. The molecule has 4 heteroatoms. The molecule has 98 valence electrons. The maximum Gasteiger partial charge on any atom is 0.0703 e. The van der Waals surface area contributed by atoms with Crippen molar-refractivity contribution in [3.8, 4) is 0 Å². The molecule has 0 aliphatic carbocycles. The number of benzene rings is 1. The number of rotatable bonds is 3. The summed E-state index contributed by atoms with van der Waals surface area (Å²) in [6, 6.07) is 6.81. The fraction of sp³-hybridized carbons (Fsp3) is 0.571. The summed E-state index contributed by atoms with van der Waals surface area (Å²) >= 11 is 1.95. The molecule has 1 saturated heterocycles. The van der Waals surface area contributed by atoms with Gasteiger partial charge >= 0.3 is 0 Å². The predicted octanol–water partition coefficient (Wildman–Crippen LogP) is 2.13. The average molecular weight is 264 g/mol. The number of nitrogens with one attached hydrogen (secondary N) is 2. The summed E-state index contributed by atoms with van der Waals surface area (Å²) in [5.41, 5.74) is 2.73. The van der Waals surface area contributed by atoms with Gasteiger partial charge in [0, 0.05) is 36.0 Å². The van der Waals surface area contributed by atoms with Gasteiger partial charge in [0.2, 0.25) is 0 Å². The van der Waals surface area contributed by atoms with Gasteiger partial charge in [-0.25, -0.2) is 0 Å². The minimum atomic E-state index is 0.386. The van der Waals surface area contributed by atoms with Gasteiger partial charge in [-0.2, -0.15) is 0 Å². The van der Waals surface area contributed by atoms with Crippen LogP contribution in [0.2, 0.25) is 0 Å². The number of hydrogen-bond acceptors (Lipinski definition) is 4. The topological polar surface area (TPSA) is 33.3 Å². The normalized spacial score (nSPS) is 23.2. The Morgan fingerprint density at radius 1 is 1.33 bits per heavy atom. The molecule has 0 spiro atoms. The molecule has 1 aromatic rings. The van der Waals surface area contributed by atoms with Gasteiger partial charge in [0.05, 0.1) is 12.7 Å². The van der Waals surface area contributed by atoms with E-state index >= 15 is 0 Å². The van der Waals surface area contributed by atoms with Crippen LogP contribution in [0.1, 0.15) is 12.0 Å². The minimum Gasteiger partial charge on any atom is -0.383 e. The van der Waals surface area contributed by atoms with Crippen molar-refractivity contribution >= 4 is 17.4 Å². The highest BCUT2D eigenvalue weighted by Crippen LogP contribution is 2.31. The molecule has 0 bridgehead atoms. The monoisotopic (exact) mass is 264 g/mol. The van der Waals surface area contributed by atoms with Gasteiger partial charge in [0.15, 0.2) is 0 Å². The Hall–Kier alpha value is -0.710. The zero-order valence-electron chi connectivity index (χ0n) is 10.6. The molecule has 0 aromatic heterocycles. The number of hydrogen-bond donors (Lipinski definition) is 2. The summed E-state index contributed by atoms with van der Waals surface area (Å²) < 4.78 is 5.73. The molecule has 1 fully saturated rings. The number of fused-ring (bicyclic) bond motifs is 1. The lowest BCUT2D eigenvalue weighted by Gasteiger charge is -2.24. The van der Waals surface area contributed by atoms with Gasteiger partial charge in [-0.05, 0) is 30.5 Å². The van der Waals surface area contributed by atoms with E-state index in [1.54, 1.807) is 0 Å². The molecule has 3 nitrogen and oxygen atoms in total. The van der Waals surface area contributed by atoms with Crippen LogP contribution in [0.3, 0.4) is 0 Å². The molecule has 2 heterocycles. The molecular formula is C14H20N2OS. The van der Waals surface area contributed by atoms with Crippen LogP contribution >= 0.6 is 11.8 Å². The minimum absolute atomic E-state index is 0.386. The van der Waals surface area contributed by atoms with E-state index in [0.717, 1.165) is 39.1 Å². The van der Waals surface area contributed by atoms with Crippen molar-refractivity contribution in [3.05, 3.63) is 23.8 Å². The average Bonchev–Trinajstić information content (AvgIpc) is 2.46. The van der Waals surface area contributed by atoms with Crippen LogP contribution in [-0.4, -0.2) is 38.1 Å². The number of ether oxygens (including phenoxy) is 1. The quantitative estimate of drug-likeness (QED) is 0.876. The Morgan fingerprint density at radius 2 is 2.33 bits per heavy atom. The molecule has 1 atom stereocenters. The van der Waals surface area contributed by atoms with Crippen LogP contribution in [-0.2, 0) is 11.2 Å². The van der Waals surface area contributed by atoms with Gasteiger partial charge in [-0.3, -0.25) is 0 Å². The summed E-state index contributed by atoms with van der Waals surface area (Å²) in [4.78, 5) is 1.39. The van der Waals surface area contributed by atoms with Crippen molar-refractivity contribution in [2.45, 2.75) is 23.8 Å². The Morgan fingerprint density at radius 3 is 3.22 bits per heavy atom. The number of anilines is 1. The maximum absolute atomic E-state index is 5.73. The summed E-state index contributed by atoms with van der Waals surface area (Å²) in [5, 5.41) is 6.86. The van der Waals surface area contributed by atoms with Gasteiger partial charge in [-0.1, -0.05) is 6.07 Å². The van der Waals surface area contributed by atoms with E-state index in [9.17, 15) is 0 Å². The first-order valence-electron chi connectivity index (χ1n) is 6.74. The molecule has 3 rings (SSSR count). The smallest absolute Gasteiger partial charge is 0.0703 e. The van der Waals surface area contributed by atoms with Crippen LogP contribution in [0.5, 0.6) is 0 Å². The summed E-state index contributed by atoms with van der Waals surface area (Å²) in [6.07, 6.45) is 2.60. The van der Waals surface area contributed by atoms with Gasteiger partial charge < -0.3 is 15.4 Å². The summed E-state index contributed by atoms with van der Waals surface area (Å²) in [5.74, 6) is 1.17. The molecule has 0 saturated carbocycles. The Kier molecular flexibility index (Phi) is 4.08. The zero-order valence-corrected chi connectivity index (χ0v) is 11.4. The van der Waals surface area contributed by atoms with Crippen molar-refractivity contribution in [3.63, 3.8) is 0 Å². The highest BCUT2D eigenvalue weighted by molar-refractivity contribution is 7.99. The summed E-state index contributed by atoms with van der Waals surface area (Å²) in [7, 11) is 0. The molecular weight excluding hydrogens is 244 g/mol. The van der Waals surface area contributed by atoms with E-state index in [2.05, 4.69) is 28.8 Å². The van der Waals surface area contributed by atoms with E-state index in [4.69, 9.17) is 4.74 Å². The van der Waals surface area contributed by atoms with Crippen LogP contribution in [0.15, 0.2) is 23.1 Å². The van der Waals surface area contributed by atoms with E-state index in [-0.39, 0.29) is 0 Å². The molecule has 2 aliphatic heterocycles. The number of morpholine rings is 1. The van der Waals surface area contributed by atoms with Gasteiger partial charge in [-0.15, -0.1) is 11.8 Å². The second-order valence-electron chi connectivity index (χ2n) is 4.84. The second kappa shape index (κ2) is 5.95. The van der Waals surface area contributed by atoms with Gasteiger partial charge in [0.25, 0.3) is 0 Å². The third-order valence-corrected chi connectivity index (χ3v) is 4.55. The molecule has 2 N–H and O–H groups in total. The lowest BCUT2D eigenvalue weighted by Crippen LogP contribution is -2.38. The third-order valence-electron chi connectivity index (χ3n) is 3.48. The van der Waals surface area contributed by atoms with Crippen molar-refractivity contribution < 1.29 is 4.74 Å². The summed E-state index contributed by atoms with van der Waals surface area (Å²) in [6.45, 7) is 3.93. The van der Waals surface area contributed by atoms with Crippen molar-refractivity contribution in [1.82, 2.24) is 5.32 Å². The lowest BCUT2D eigenvalue weighted by molar-refractivity contribution is 0.0238. The Labute approximate surface area is 113 Å². The highest BCUT2D eigenvalue weighted by Gasteiger charge is 2.14.